The van der Waals surface area contributed by atoms with Gasteiger partial charge in [-0.1, -0.05) is 13.8 Å². The Balaban J connectivity index is 2.36. The minimum absolute atomic E-state index is 0.00847. The van der Waals surface area contributed by atoms with E-state index in [4.69, 9.17) is 10.2 Å². The van der Waals surface area contributed by atoms with Gasteiger partial charge in [0.05, 0.1) is 11.8 Å². The monoisotopic (exact) mass is 196 g/mol. The first-order chi connectivity index (χ1) is 6.61. The molecule has 0 saturated carbocycles. The number of hydrogen-bond donors (Lipinski definition) is 2. The summed E-state index contributed by atoms with van der Waals surface area (Å²) in [6, 6.07) is 1.61. The van der Waals surface area contributed by atoms with E-state index < -0.39 is 0 Å². The quantitative estimate of drug-likeness (QED) is 0.754. The van der Waals surface area contributed by atoms with Gasteiger partial charge in [0.15, 0.2) is 0 Å². The standard InChI is InChI=1S/C10H16N2O2/c1-7(2)9(11)5-12-10(13)8-3-4-14-6-8/h3-4,6-7,9H,5,11H2,1-2H3,(H,12,13). The molecular weight excluding hydrogens is 180 g/mol. The minimum atomic E-state index is -0.144. The van der Waals surface area contributed by atoms with Crippen LogP contribution in [-0.4, -0.2) is 18.5 Å². The molecule has 0 saturated heterocycles. The van der Waals surface area contributed by atoms with Gasteiger partial charge in [0.1, 0.15) is 6.26 Å². The van der Waals surface area contributed by atoms with Crippen molar-refractivity contribution in [2.75, 3.05) is 6.54 Å². The Kier molecular flexibility index (Phi) is 3.71. The number of furan rings is 1. The largest absolute Gasteiger partial charge is 0.472 e. The molecule has 78 valence electrons. The number of carbonyl (C=O) groups excluding carboxylic acids is 1. The van der Waals surface area contributed by atoms with Gasteiger partial charge in [-0.2, -0.15) is 0 Å². The van der Waals surface area contributed by atoms with E-state index in [0.29, 0.717) is 18.0 Å². The molecule has 1 unspecified atom stereocenters. The van der Waals surface area contributed by atoms with Crippen molar-refractivity contribution in [3.05, 3.63) is 24.2 Å². The van der Waals surface area contributed by atoms with Crippen LogP contribution >= 0.6 is 0 Å². The Labute approximate surface area is 83.5 Å². The second-order valence-electron chi connectivity index (χ2n) is 3.63. The van der Waals surface area contributed by atoms with E-state index in [1.165, 1.54) is 12.5 Å². The molecule has 4 heteroatoms. The molecule has 0 aliphatic heterocycles. The Morgan fingerprint density at radius 1 is 1.64 bits per heavy atom. The molecule has 1 aromatic heterocycles. The molecule has 1 heterocycles. The second-order valence-corrected chi connectivity index (χ2v) is 3.63. The molecule has 0 spiro atoms. The van der Waals surface area contributed by atoms with Crippen molar-refractivity contribution >= 4 is 5.91 Å². The van der Waals surface area contributed by atoms with E-state index in [1.54, 1.807) is 6.07 Å². The van der Waals surface area contributed by atoms with E-state index in [-0.39, 0.29) is 11.9 Å². The lowest BCUT2D eigenvalue weighted by Gasteiger charge is -2.15. The fourth-order valence-electron chi connectivity index (χ4n) is 0.942. The van der Waals surface area contributed by atoms with Gasteiger partial charge >= 0.3 is 0 Å². The Morgan fingerprint density at radius 2 is 2.36 bits per heavy atom. The van der Waals surface area contributed by atoms with E-state index in [9.17, 15) is 4.79 Å². The summed E-state index contributed by atoms with van der Waals surface area (Å²) in [7, 11) is 0. The molecule has 0 aliphatic carbocycles. The maximum Gasteiger partial charge on any atom is 0.254 e. The molecule has 4 nitrogen and oxygen atoms in total. The van der Waals surface area contributed by atoms with Gasteiger partial charge < -0.3 is 15.5 Å². The van der Waals surface area contributed by atoms with Crippen molar-refractivity contribution in [2.45, 2.75) is 19.9 Å². The number of rotatable bonds is 4. The van der Waals surface area contributed by atoms with Gasteiger partial charge in [-0.3, -0.25) is 4.79 Å². The fourth-order valence-corrected chi connectivity index (χ4v) is 0.942. The molecule has 0 aromatic carbocycles. The maximum atomic E-state index is 11.4. The minimum Gasteiger partial charge on any atom is -0.472 e. The Morgan fingerprint density at radius 3 is 2.86 bits per heavy atom. The van der Waals surface area contributed by atoms with Crippen LogP contribution in [0.2, 0.25) is 0 Å². The zero-order valence-corrected chi connectivity index (χ0v) is 8.49. The topological polar surface area (TPSA) is 68.3 Å². The molecule has 14 heavy (non-hydrogen) atoms. The summed E-state index contributed by atoms with van der Waals surface area (Å²) in [6.45, 7) is 4.53. The summed E-state index contributed by atoms with van der Waals surface area (Å²) in [4.78, 5) is 11.4. The highest BCUT2D eigenvalue weighted by Crippen LogP contribution is 2.00. The SMILES string of the molecule is CC(C)C(N)CNC(=O)c1ccoc1. The zero-order chi connectivity index (χ0) is 10.6. The third kappa shape index (κ3) is 2.88. The van der Waals surface area contributed by atoms with Gasteiger partial charge in [-0.25, -0.2) is 0 Å². The number of nitrogens with two attached hydrogens (primary N) is 1. The van der Waals surface area contributed by atoms with Crippen LogP contribution in [0.1, 0.15) is 24.2 Å². The predicted octanol–water partition coefficient (Wildman–Crippen LogP) is 0.993. The van der Waals surface area contributed by atoms with E-state index in [2.05, 4.69) is 5.32 Å². The first-order valence-electron chi connectivity index (χ1n) is 4.67. The molecular formula is C10H16N2O2. The van der Waals surface area contributed by atoms with Crippen molar-refractivity contribution in [3.8, 4) is 0 Å². The van der Waals surface area contributed by atoms with Gasteiger partial charge in [0, 0.05) is 12.6 Å². The van der Waals surface area contributed by atoms with Gasteiger partial charge in [-0.15, -0.1) is 0 Å². The lowest BCUT2D eigenvalue weighted by Crippen LogP contribution is -2.40. The number of nitrogens with one attached hydrogen (secondary N) is 1. The average Bonchev–Trinajstić information content (AvgIpc) is 2.66. The van der Waals surface area contributed by atoms with Crippen LogP contribution in [0.5, 0.6) is 0 Å². The lowest BCUT2D eigenvalue weighted by molar-refractivity contribution is 0.0948. The Hall–Kier alpha value is -1.29. The molecule has 0 aliphatic rings. The van der Waals surface area contributed by atoms with Crippen molar-refractivity contribution in [2.24, 2.45) is 11.7 Å². The van der Waals surface area contributed by atoms with Crippen LogP contribution in [0.15, 0.2) is 23.0 Å². The summed E-state index contributed by atoms with van der Waals surface area (Å²) in [6.07, 6.45) is 2.88. The first kappa shape index (κ1) is 10.8. The van der Waals surface area contributed by atoms with E-state index in [0.717, 1.165) is 0 Å². The highest BCUT2D eigenvalue weighted by atomic mass is 16.3. The van der Waals surface area contributed by atoms with E-state index >= 15 is 0 Å². The molecule has 3 N–H and O–H groups in total. The van der Waals surface area contributed by atoms with Gasteiger partial charge in [-0.05, 0) is 12.0 Å². The van der Waals surface area contributed by atoms with Crippen LogP contribution in [0, 0.1) is 5.92 Å². The average molecular weight is 196 g/mol. The summed E-state index contributed by atoms with van der Waals surface area (Å²) < 4.78 is 4.80. The predicted molar refractivity (Wildman–Crippen MR) is 53.9 cm³/mol. The zero-order valence-electron chi connectivity index (χ0n) is 8.49. The summed E-state index contributed by atoms with van der Waals surface area (Å²) in [5.74, 6) is 0.217. The molecule has 1 amide bonds. The third-order valence-electron chi connectivity index (χ3n) is 2.14. The van der Waals surface area contributed by atoms with Crippen LogP contribution in [0.3, 0.4) is 0 Å². The summed E-state index contributed by atoms with van der Waals surface area (Å²) in [5.41, 5.74) is 6.31. The maximum absolute atomic E-state index is 11.4. The highest BCUT2D eigenvalue weighted by molar-refractivity contribution is 5.93. The van der Waals surface area contributed by atoms with Crippen LogP contribution in [0.4, 0.5) is 0 Å². The van der Waals surface area contributed by atoms with Crippen molar-refractivity contribution in [1.82, 2.24) is 5.32 Å². The third-order valence-corrected chi connectivity index (χ3v) is 2.14. The normalized spacial score (nSPS) is 12.9. The van der Waals surface area contributed by atoms with Crippen LogP contribution in [-0.2, 0) is 0 Å². The smallest absolute Gasteiger partial charge is 0.254 e. The molecule has 0 fully saturated rings. The molecule has 1 aromatic rings. The molecule has 0 bridgehead atoms. The Bertz CT molecular complexity index is 280. The number of amides is 1. The molecule has 1 atom stereocenters. The van der Waals surface area contributed by atoms with Gasteiger partial charge in [0.2, 0.25) is 0 Å². The summed E-state index contributed by atoms with van der Waals surface area (Å²) >= 11 is 0. The van der Waals surface area contributed by atoms with Gasteiger partial charge in [0.25, 0.3) is 5.91 Å². The van der Waals surface area contributed by atoms with E-state index in [1.807, 2.05) is 13.8 Å². The number of carbonyl (C=O) groups is 1. The van der Waals surface area contributed by atoms with Crippen LogP contribution in [0.25, 0.3) is 0 Å². The molecule has 1 rings (SSSR count). The van der Waals surface area contributed by atoms with Crippen molar-refractivity contribution in [3.63, 3.8) is 0 Å². The number of hydrogen-bond acceptors (Lipinski definition) is 3. The fraction of sp³-hybridized carbons (Fsp3) is 0.500. The highest BCUT2D eigenvalue weighted by Gasteiger charge is 2.10. The lowest BCUT2D eigenvalue weighted by atomic mass is 10.1. The van der Waals surface area contributed by atoms with Crippen molar-refractivity contribution in [1.29, 1.82) is 0 Å². The van der Waals surface area contributed by atoms with Crippen molar-refractivity contribution < 1.29 is 9.21 Å². The summed E-state index contributed by atoms with van der Waals surface area (Å²) in [5, 5.41) is 2.74. The second kappa shape index (κ2) is 4.81. The van der Waals surface area contributed by atoms with Crippen LogP contribution < -0.4 is 11.1 Å². The molecule has 0 radical (unpaired) electrons. The first-order valence-corrected chi connectivity index (χ1v) is 4.67.